The quantitative estimate of drug-likeness (QED) is 0.585. The number of methoxy groups -OCH3 is 1. The second kappa shape index (κ2) is 8.35. The number of nitrogens with zero attached hydrogens (tertiary/aromatic N) is 2. The fraction of sp³-hybridized carbons (Fsp3) is 0.167. The molecule has 0 amide bonds. The van der Waals surface area contributed by atoms with Gasteiger partial charge in [-0.1, -0.05) is 41.0 Å². The van der Waals surface area contributed by atoms with E-state index in [1.807, 2.05) is 12.1 Å². The van der Waals surface area contributed by atoms with Gasteiger partial charge in [-0.15, -0.1) is 0 Å². The van der Waals surface area contributed by atoms with Crippen LogP contribution in [0.5, 0.6) is 11.5 Å². The highest BCUT2D eigenvalue weighted by atomic mass is 35.5. The van der Waals surface area contributed by atoms with Crippen LogP contribution in [0, 0.1) is 0 Å². The molecule has 0 saturated carbocycles. The number of hydrogen-bond donors (Lipinski definition) is 0. The minimum Gasteiger partial charge on any atom is -0.496 e. The van der Waals surface area contributed by atoms with Crippen LogP contribution in [0.1, 0.15) is 5.89 Å². The molecule has 0 bridgehead atoms. The molecule has 0 unspecified atom stereocenters. The highest BCUT2D eigenvalue weighted by molar-refractivity contribution is 6.32. The Hall–Kier alpha value is -3.06. The summed E-state index contributed by atoms with van der Waals surface area (Å²) in [5.41, 5.74) is 0.679. The van der Waals surface area contributed by atoms with E-state index in [0.717, 1.165) is 0 Å². The zero-order chi connectivity index (χ0) is 18.4. The average molecular weight is 375 g/mol. The topological polar surface area (TPSA) is 83.7 Å². The van der Waals surface area contributed by atoms with E-state index in [-0.39, 0.29) is 19.1 Å². The van der Waals surface area contributed by atoms with E-state index < -0.39 is 5.97 Å². The molecule has 0 saturated heterocycles. The minimum absolute atomic E-state index is 0.160. The number of para-hydroxylation sites is 2. The van der Waals surface area contributed by atoms with Crippen LogP contribution in [-0.2, 0) is 16.1 Å². The van der Waals surface area contributed by atoms with E-state index in [4.69, 9.17) is 30.3 Å². The second-order valence-corrected chi connectivity index (χ2v) is 5.50. The van der Waals surface area contributed by atoms with E-state index in [2.05, 4.69) is 10.1 Å². The molecule has 8 heteroatoms. The van der Waals surface area contributed by atoms with Gasteiger partial charge in [0.05, 0.1) is 17.7 Å². The van der Waals surface area contributed by atoms with Gasteiger partial charge in [0, 0.05) is 0 Å². The Bertz CT molecular complexity index is 897. The molecule has 0 atom stereocenters. The van der Waals surface area contributed by atoms with Gasteiger partial charge in [-0.05, 0) is 24.3 Å². The number of carbonyl (C=O) groups excluding carboxylic acids is 1. The number of esters is 1. The summed E-state index contributed by atoms with van der Waals surface area (Å²) in [5.74, 6) is 0.951. The maximum Gasteiger partial charge on any atom is 0.344 e. The van der Waals surface area contributed by atoms with Gasteiger partial charge in [0.2, 0.25) is 5.82 Å². The summed E-state index contributed by atoms with van der Waals surface area (Å²) >= 11 is 5.95. The van der Waals surface area contributed by atoms with Crippen LogP contribution in [0.4, 0.5) is 0 Å². The first-order chi connectivity index (χ1) is 12.7. The van der Waals surface area contributed by atoms with Crippen molar-refractivity contribution < 1.29 is 23.5 Å². The summed E-state index contributed by atoms with van der Waals surface area (Å²) in [6.07, 6.45) is 0. The van der Waals surface area contributed by atoms with E-state index in [1.54, 1.807) is 43.5 Å². The molecule has 2 aromatic carbocycles. The minimum atomic E-state index is -0.582. The number of ether oxygens (including phenoxy) is 3. The third kappa shape index (κ3) is 4.31. The molecule has 3 rings (SSSR count). The lowest BCUT2D eigenvalue weighted by Crippen LogP contribution is -2.15. The van der Waals surface area contributed by atoms with Crippen LogP contribution < -0.4 is 9.47 Å². The fourth-order valence-electron chi connectivity index (χ4n) is 2.13. The first-order valence-electron chi connectivity index (χ1n) is 7.66. The van der Waals surface area contributed by atoms with Crippen LogP contribution in [0.2, 0.25) is 5.02 Å². The lowest BCUT2D eigenvalue weighted by atomic mass is 10.2. The van der Waals surface area contributed by atoms with Crippen LogP contribution in [0.25, 0.3) is 11.4 Å². The number of halogens is 1. The molecule has 1 heterocycles. The number of hydrogen-bond acceptors (Lipinski definition) is 7. The van der Waals surface area contributed by atoms with Gasteiger partial charge < -0.3 is 18.7 Å². The first kappa shape index (κ1) is 17.8. The number of aromatic nitrogens is 2. The van der Waals surface area contributed by atoms with Gasteiger partial charge in [0.1, 0.15) is 11.5 Å². The van der Waals surface area contributed by atoms with Crippen molar-refractivity contribution >= 4 is 17.6 Å². The molecule has 3 aromatic rings. The third-order valence-corrected chi connectivity index (χ3v) is 3.67. The highest BCUT2D eigenvalue weighted by Gasteiger charge is 2.14. The Balaban J connectivity index is 1.55. The van der Waals surface area contributed by atoms with Crippen LogP contribution in [0.3, 0.4) is 0 Å². The predicted molar refractivity (Wildman–Crippen MR) is 93.0 cm³/mol. The smallest absolute Gasteiger partial charge is 0.344 e. The monoisotopic (exact) mass is 374 g/mol. The maximum atomic E-state index is 11.8. The predicted octanol–water partition coefficient (Wildman–Crippen LogP) is 3.52. The van der Waals surface area contributed by atoms with Crippen molar-refractivity contribution in [2.75, 3.05) is 13.7 Å². The maximum absolute atomic E-state index is 11.8. The van der Waals surface area contributed by atoms with Gasteiger partial charge in [0.25, 0.3) is 5.89 Å². The summed E-state index contributed by atoms with van der Waals surface area (Å²) in [6.45, 7) is -0.440. The summed E-state index contributed by atoms with van der Waals surface area (Å²) in [5, 5.41) is 4.29. The van der Waals surface area contributed by atoms with Crippen molar-refractivity contribution in [2.24, 2.45) is 0 Å². The number of carbonyl (C=O) groups is 1. The normalized spacial score (nSPS) is 10.4. The van der Waals surface area contributed by atoms with Crippen molar-refractivity contribution in [3.05, 3.63) is 59.4 Å². The molecule has 0 fully saturated rings. The van der Waals surface area contributed by atoms with Crippen molar-refractivity contribution in [3.63, 3.8) is 0 Å². The van der Waals surface area contributed by atoms with Crippen molar-refractivity contribution in [3.8, 4) is 22.9 Å². The molecule has 0 aliphatic rings. The molecule has 26 heavy (non-hydrogen) atoms. The fourth-order valence-corrected chi connectivity index (χ4v) is 2.32. The molecule has 0 aliphatic carbocycles. The van der Waals surface area contributed by atoms with Crippen LogP contribution >= 0.6 is 11.6 Å². The largest absolute Gasteiger partial charge is 0.496 e. The van der Waals surface area contributed by atoms with Gasteiger partial charge in [0.15, 0.2) is 13.2 Å². The third-order valence-electron chi connectivity index (χ3n) is 3.35. The lowest BCUT2D eigenvalue weighted by Gasteiger charge is -2.06. The van der Waals surface area contributed by atoms with E-state index in [9.17, 15) is 4.79 Å². The first-order valence-corrected chi connectivity index (χ1v) is 8.04. The molecule has 7 nitrogen and oxygen atoms in total. The summed E-state index contributed by atoms with van der Waals surface area (Å²) in [7, 11) is 1.56. The molecular weight excluding hydrogens is 360 g/mol. The van der Waals surface area contributed by atoms with Crippen molar-refractivity contribution in [2.45, 2.75) is 6.61 Å². The van der Waals surface area contributed by atoms with E-state index in [1.165, 1.54) is 0 Å². The Morgan fingerprint density at radius 1 is 1.12 bits per heavy atom. The van der Waals surface area contributed by atoms with E-state index >= 15 is 0 Å². The lowest BCUT2D eigenvalue weighted by molar-refractivity contribution is -0.148. The van der Waals surface area contributed by atoms with Crippen molar-refractivity contribution in [1.82, 2.24) is 10.1 Å². The number of benzene rings is 2. The number of rotatable bonds is 7. The zero-order valence-corrected chi connectivity index (χ0v) is 14.6. The van der Waals surface area contributed by atoms with Gasteiger partial charge in [-0.2, -0.15) is 4.98 Å². The zero-order valence-electron chi connectivity index (χ0n) is 13.8. The van der Waals surface area contributed by atoms with Gasteiger partial charge in [-0.3, -0.25) is 0 Å². The Kier molecular flexibility index (Phi) is 5.70. The second-order valence-electron chi connectivity index (χ2n) is 5.09. The molecule has 134 valence electrons. The summed E-state index contributed by atoms with van der Waals surface area (Å²) < 4.78 is 20.7. The molecule has 1 aromatic heterocycles. The SMILES string of the molecule is COc1ccccc1-c1noc(COC(=O)COc2ccccc2Cl)n1. The van der Waals surface area contributed by atoms with Gasteiger partial charge in [-0.25, -0.2) is 4.79 Å². The van der Waals surface area contributed by atoms with Crippen LogP contribution in [-0.4, -0.2) is 29.8 Å². The summed E-state index contributed by atoms with van der Waals surface area (Å²) in [4.78, 5) is 16.0. The van der Waals surface area contributed by atoms with Gasteiger partial charge >= 0.3 is 5.97 Å². The molecular formula is C18H15ClN2O5. The van der Waals surface area contributed by atoms with E-state index in [0.29, 0.717) is 27.9 Å². The molecule has 0 N–H and O–H groups in total. The Morgan fingerprint density at radius 3 is 2.62 bits per heavy atom. The molecule has 0 aliphatic heterocycles. The Morgan fingerprint density at radius 2 is 1.85 bits per heavy atom. The van der Waals surface area contributed by atoms with Crippen molar-refractivity contribution in [1.29, 1.82) is 0 Å². The molecule has 0 radical (unpaired) electrons. The highest BCUT2D eigenvalue weighted by Crippen LogP contribution is 2.27. The molecule has 0 spiro atoms. The Labute approximate surface area is 154 Å². The average Bonchev–Trinajstić information content (AvgIpc) is 3.14. The standard InChI is InChI=1S/C18H15ClN2O5/c1-23-14-8-4-2-6-12(14)18-20-16(26-21-18)10-25-17(22)11-24-15-9-5-3-7-13(15)19/h2-9H,10-11H2,1H3. The summed E-state index contributed by atoms with van der Waals surface area (Å²) in [6, 6.07) is 14.1. The van der Waals surface area contributed by atoms with Crippen LogP contribution in [0.15, 0.2) is 53.1 Å².